The minimum absolute atomic E-state index is 0.330. The van der Waals surface area contributed by atoms with Gasteiger partial charge in [-0.15, -0.1) is 0 Å². The van der Waals surface area contributed by atoms with Crippen molar-refractivity contribution >= 4 is 16.7 Å². The zero-order chi connectivity index (χ0) is 20.0. The number of aromatic amines is 1. The summed E-state index contributed by atoms with van der Waals surface area (Å²) in [4.78, 5) is 7.71. The summed E-state index contributed by atoms with van der Waals surface area (Å²) in [5.41, 5.74) is 2.92. The molecule has 2 aromatic heterocycles. The van der Waals surface area contributed by atoms with Crippen LogP contribution in [0.1, 0.15) is 58.4 Å². The molecule has 0 bridgehead atoms. The number of H-pyrrole nitrogens is 1. The molecule has 3 aromatic rings. The Bertz CT molecular complexity index is 864. The molecular formula is C24H33N3O. The molecule has 2 N–H and O–H groups in total. The van der Waals surface area contributed by atoms with Gasteiger partial charge in [0.1, 0.15) is 11.6 Å². The van der Waals surface area contributed by atoms with E-state index in [4.69, 9.17) is 4.74 Å². The van der Waals surface area contributed by atoms with Crippen LogP contribution in [0.5, 0.6) is 5.75 Å². The van der Waals surface area contributed by atoms with E-state index in [1.165, 1.54) is 17.4 Å². The van der Waals surface area contributed by atoms with Crippen molar-refractivity contribution in [1.29, 1.82) is 0 Å². The Morgan fingerprint density at radius 3 is 2.75 bits per heavy atom. The Morgan fingerprint density at radius 1 is 1.18 bits per heavy atom. The molecule has 0 fully saturated rings. The number of aromatic nitrogens is 2. The summed E-state index contributed by atoms with van der Waals surface area (Å²) in [6, 6.07) is 12.3. The van der Waals surface area contributed by atoms with Gasteiger partial charge in [-0.25, -0.2) is 4.98 Å². The maximum atomic E-state index is 5.95. The number of nitrogens with one attached hydrogen (secondary N) is 2. The number of fused-ring (bicyclic) bond motifs is 1. The minimum Gasteiger partial charge on any atom is -0.493 e. The Labute approximate surface area is 168 Å². The van der Waals surface area contributed by atoms with Gasteiger partial charge in [0, 0.05) is 35.9 Å². The van der Waals surface area contributed by atoms with Crippen molar-refractivity contribution in [2.45, 2.75) is 52.9 Å². The number of nitrogens with zero attached hydrogens (tertiary/aromatic N) is 1. The van der Waals surface area contributed by atoms with E-state index < -0.39 is 0 Å². The lowest BCUT2D eigenvalue weighted by Crippen LogP contribution is -2.11. The molecule has 0 aliphatic heterocycles. The number of anilines is 1. The summed E-state index contributed by atoms with van der Waals surface area (Å²) >= 11 is 0. The van der Waals surface area contributed by atoms with Crippen molar-refractivity contribution in [3.05, 3.63) is 54.4 Å². The van der Waals surface area contributed by atoms with Crippen LogP contribution in [0, 0.1) is 5.41 Å². The Hall–Kier alpha value is -2.49. The predicted molar refractivity (Wildman–Crippen MR) is 118 cm³/mol. The SMILES string of the molecule is CCC(CC(C)(C)C)c1c[nH]c2cc(OCCCNc3ccccn3)ccc12. The van der Waals surface area contributed by atoms with Gasteiger partial charge in [0.2, 0.25) is 0 Å². The summed E-state index contributed by atoms with van der Waals surface area (Å²) < 4.78 is 5.95. The summed E-state index contributed by atoms with van der Waals surface area (Å²) in [7, 11) is 0. The molecule has 1 unspecified atom stereocenters. The van der Waals surface area contributed by atoms with E-state index in [1.54, 1.807) is 6.20 Å². The van der Waals surface area contributed by atoms with Crippen LogP contribution in [-0.4, -0.2) is 23.1 Å². The Balaban J connectivity index is 1.56. The third-order valence-corrected chi connectivity index (χ3v) is 5.04. The molecule has 4 nitrogen and oxygen atoms in total. The molecule has 0 spiro atoms. The van der Waals surface area contributed by atoms with Gasteiger partial charge in [-0.3, -0.25) is 0 Å². The highest BCUT2D eigenvalue weighted by atomic mass is 16.5. The molecular weight excluding hydrogens is 346 g/mol. The first-order valence-electron chi connectivity index (χ1n) is 10.3. The highest BCUT2D eigenvalue weighted by Gasteiger charge is 2.21. The smallest absolute Gasteiger partial charge is 0.125 e. The molecule has 0 amide bonds. The van der Waals surface area contributed by atoms with Crippen LogP contribution in [0.15, 0.2) is 48.8 Å². The van der Waals surface area contributed by atoms with Crippen LogP contribution in [0.4, 0.5) is 5.82 Å². The number of rotatable bonds is 9. The topological polar surface area (TPSA) is 49.9 Å². The Kier molecular flexibility index (Phi) is 6.61. The average Bonchev–Trinajstić information content (AvgIpc) is 3.09. The van der Waals surface area contributed by atoms with E-state index in [-0.39, 0.29) is 0 Å². The van der Waals surface area contributed by atoms with Crippen LogP contribution in [0.25, 0.3) is 10.9 Å². The lowest BCUT2D eigenvalue weighted by molar-refractivity contribution is 0.315. The van der Waals surface area contributed by atoms with Gasteiger partial charge in [-0.1, -0.05) is 33.8 Å². The summed E-state index contributed by atoms with van der Waals surface area (Å²) in [5.74, 6) is 2.41. The second-order valence-electron chi connectivity index (χ2n) is 8.67. The van der Waals surface area contributed by atoms with Crippen molar-refractivity contribution in [2.24, 2.45) is 5.41 Å². The van der Waals surface area contributed by atoms with Crippen LogP contribution in [-0.2, 0) is 0 Å². The minimum atomic E-state index is 0.330. The maximum absolute atomic E-state index is 5.95. The summed E-state index contributed by atoms with van der Waals surface area (Å²) in [6.45, 7) is 10.8. The van der Waals surface area contributed by atoms with Gasteiger partial charge in [0.15, 0.2) is 0 Å². The number of pyridine rings is 1. The standard InChI is InChI=1S/C24H33N3O/c1-5-18(16-24(2,3)4)21-17-27-22-15-19(10-11-20(21)22)28-14-8-13-26-23-9-6-7-12-25-23/h6-7,9-12,15,17-18,27H,5,8,13-14,16H2,1-4H3,(H,25,26). The largest absolute Gasteiger partial charge is 0.493 e. The fraction of sp³-hybridized carbons (Fsp3) is 0.458. The second kappa shape index (κ2) is 9.13. The predicted octanol–water partition coefficient (Wildman–Crippen LogP) is 6.37. The highest BCUT2D eigenvalue weighted by Crippen LogP contribution is 2.37. The van der Waals surface area contributed by atoms with E-state index in [2.05, 4.69) is 67.4 Å². The summed E-state index contributed by atoms with van der Waals surface area (Å²) in [5, 5.41) is 4.62. The molecule has 4 heteroatoms. The normalized spacial score (nSPS) is 12.9. The third kappa shape index (κ3) is 5.51. The maximum Gasteiger partial charge on any atom is 0.125 e. The van der Waals surface area contributed by atoms with E-state index in [9.17, 15) is 0 Å². The molecule has 2 heterocycles. The monoisotopic (exact) mass is 379 g/mol. The first-order chi connectivity index (χ1) is 13.5. The van der Waals surface area contributed by atoms with Crippen molar-refractivity contribution < 1.29 is 4.74 Å². The van der Waals surface area contributed by atoms with Crippen LogP contribution in [0.3, 0.4) is 0 Å². The quantitative estimate of drug-likeness (QED) is 0.424. The van der Waals surface area contributed by atoms with E-state index in [1.807, 2.05) is 18.2 Å². The van der Waals surface area contributed by atoms with Crippen molar-refractivity contribution in [3.63, 3.8) is 0 Å². The van der Waals surface area contributed by atoms with Gasteiger partial charge in [-0.2, -0.15) is 0 Å². The van der Waals surface area contributed by atoms with Crippen molar-refractivity contribution in [1.82, 2.24) is 9.97 Å². The zero-order valence-electron chi connectivity index (χ0n) is 17.6. The van der Waals surface area contributed by atoms with E-state index in [0.29, 0.717) is 17.9 Å². The first kappa shape index (κ1) is 20.2. The van der Waals surface area contributed by atoms with Crippen LogP contribution < -0.4 is 10.1 Å². The number of ether oxygens (including phenoxy) is 1. The molecule has 1 atom stereocenters. The number of hydrogen-bond donors (Lipinski definition) is 2. The molecule has 1 aromatic carbocycles. The fourth-order valence-corrected chi connectivity index (χ4v) is 3.71. The molecule has 0 aliphatic carbocycles. The molecule has 0 aliphatic rings. The molecule has 0 radical (unpaired) electrons. The Morgan fingerprint density at radius 2 is 2.04 bits per heavy atom. The van der Waals surface area contributed by atoms with Gasteiger partial charge in [0.05, 0.1) is 6.61 Å². The third-order valence-electron chi connectivity index (χ3n) is 5.04. The zero-order valence-corrected chi connectivity index (χ0v) is 17.6. The fourth-order valence-electron chi connectivity index (χ4n) is 3.71. The van der Waals surface area contributed by atoms with Crippen LogP contribution in [0.2, 0.25) is 0 Å². The van der Waals surface area contributed by atoms with Crippen molar-refractivity contribution in [3.8, 4) is 5.75 Å². The number of hydrogen-bond acceptors (Lipinski definition) is 3. The number of benzene rings is 1. The lowest BCUT2D eigenvalue weighted by atomic mass is 9.80. The molecule has 0 saturated heterocycles. The molecule has 28 heavy (non-hydrogen) atoms. The molecule has 3 rings (SSSR count). The van der Waals surface area contributed by atoms with E-state index >= 15 is 0 Å². The second-order valence-corrected chi connectivity index (χ2v) is 8.67. The lowest BCUT2D eigenvalue weighted by Gasteiger charge is -2.25. The van der Waals surface area contributed by atoms with E-state index in [0.717, 1.165) is 36.5 Å². The van der Waals surface area contributed by atoms with Crippen molar-refractivity contribution in [2.75, 3.05) is 18.5 Å². The summed E-state index contributed by atoms with van der Waals surface area (Å²) in [6.07, 6.45) is 7.26. The van der Waals surface area contributed by atoms with Crippen LogP contribution >= 0.6 is 0 Å². The highest BCUT2D eigenvalue weighted by molar-refractivity contribution is 5.85. The van der Waals surface area contributed by atoms with Gasteiger partial charge in [0.25, 0.3) is 0 Å². The van der Waals surface area contributed by atoms with Gasteiger partial charge in [-0.05, 0) is 60.4 Å². The first-order valence-corrected chi connectivity index (χ1v) is 10.3. The van der Waals surface area contributed by atoms with Gasteiger partial charge >= 0.3 is 0 Å². The average molecular weight is 380 g/mol. The van der Waals surface area contributed by atoms with Gasteiger partial charge < -0.3 is 15.0 Å². The molecule has 0 saturated carbocycles. The molecule has 150 valence electrons.